The van der Waals surface area contributed by atoms with Crippen molar-refractivity contribution in [2.45, 2.75) is 38.4 Å². The van der Waals surface area contributed by atoms with Crippen molar-refractivity contribution >= 4 is 34.1 Å². The molecule has 1 unspecified atom stereocenters. The van der Waals surface area contributed by atoms with E-state index in [0.29, 0.717) is 30.0 Å². The van der Waals surface area contributed by atoms with E-state index in [0.717, 1.165) is 12.1 Å². The third-order valence-corrected chi connectivity index (χ3v) is 4.64. The van der Waals surface area contributed by atoms with Crippen molar-refractivity contribution in [2.24, 2.45) is 0 Å². The quantitative estimate of drug-likeness (QED) is 0.476. The summed E-state index contributed by atoms with van der Waals surface area (Å²) in [7, 11) is 0. The van der Waals surface area contributed by atoms with Gasteiger partial charge in [0.05, 0.1) is 12.6 Å². The number of carbonyl (C=O) groups excluding carboxylic acids is 3. The summed E-state index contributed by atoms with van der Waals surface area (Å²) in [5.74, 6) is -5.22. The molecule has 0 saturated carbocycles. The molecule has 6 nitrogen and oxygen atoms in total. The highest BCUT2D eigenvalue weighted by molar-refractivity contribution is 7.17. The largest absolute Gasteiger partial charge is 0.455 e. The van der Waals surface area contributed by atoms with E-state index in [1.165, 1.54) is 0 Å². The van der Waals surface area contributed by atoms with Gasteiger partial charge in [-0.2, -0.15) is 13.2 Å². The molecule has 12 heteroatoms. The molecule has 2 rings (SSSR count). The molecular weight excluding hydrogens is 433 g/mol. The van der Waals surface area contributed by atoms with E-state index in [4.69, 9.17) is 0 Å². The SMILES string of the molecule is CCCC(NC(=O)Cc1cc(F)cc(F)c1)C(=O)Nc1ncc(C(=O)C(F)(F)F)s1. The number of aromatic nitrogens is 1. The number of benzene rings is 1. The molecule has 0 aliphatic heterocycles. The Labute approximate surface area is 171 Å². The van der Waals surface area contributed by atoms with Gasteiger partial charge in [-0.3, -0.25) is 14.4 Å². The van der Waals surface area contributed by atoms with Gasteiger partial charge in [-0.05, 0) is 24.1 Å². The Bertz CT molecular complexity index is 925. The molecule has 162 valence electrons. The number of ketones is 1. The fourth-order valence-electron chi connectivity index (χ4n) is 2.47. The Hall–Kier alpha value is -2.89. The Morgan fingerprint density at radius 1 is 1.13 bits per heavy atom. The first-order valence-corrected chi connectivity index (χ1v) is 9.43. The zero-order valence-corrected chi connectivity index (χ0v) is 16.3. The minimum absolute atomic E-state index is 0.0656. The molecule has 1 heterocycles. The topological polar surface area (TPSA) is 88.2 Å². The lowest BCUT2D eigenvalue weighted by atomic mass is 10.1. The number of carbonyl (C=O) groups is 3. The van der Waals surface area contributed by atoms with E-state index in [2.05, 4.69) is 15.6 Å². The van der Waals surface area contributed by atoms with E-state index in [1.54, 1.807) is 6.92 Å². The van der Waals surface area contributed by atoms with Crippen LogP contribution in [0.25, 0.3) is 0 Å². The molecule has 2 aromatic rings. The standard InChI is InChI=1S/C18H16F5N3O3S/c1-2-3-12(25-14(27)6-9-4-10(19)7-11(20)5-9)16(29)26-17-24-8-13(30-17)15(28)18(21,22)23/h4-5,7-8,12H,2-3,6H2,1H3,(H,25,27)(H,24,26,29). The van der Waals surface area contributed by atoms with Crippen molar-refractivity contribution < 1.29 is 36.3 Å². The van der Waals surface area contributed by atoms with E-state index in [1.807, 2.05) is 0 Å². The van der Waals surface area contributed by atoms with Gasteiger partial charge in [0.2, 0.25) is 11.8 Å². The van der Waals surface area contributed by atoms with Crippen LogP contribution in [0.3, 0.4) is 0 Å². The van der Waals surface area contributed by atoms with Crippen LogP contribution in [0, 0.1) is 11.6 Å². The summed E-state index contributed by atoms with van der Waals surface area (Å²) in [4.78, 5) is 38.6. The number of hydrogen-bond acceptors (Lipinski definition) is 5. The number of anilines is 1. The fraction of sp³-hybridized carbons (Fsp3) is 0.333. The highest BCUT2D eigenvalue weighted by Gasteiger charge is 2.40. The highest BCUT2D eigenvalue weighted by atomic mass is 32.1. The maximum absolute atomic E-state index is 13.2. The van der Waals surface area contributed by atoms with Gasteiger partial charge in [-0.25, -0.2) is 13.8 Å². The summed E-state index contributed by atoms with van der Waals surface area (Å²) in [5.41, 5.74) is 0.0656. The number of thiazole rings is 1. The van der Waals surface area contributed by atoms with Gasteiger partial charge >= 0.3 is 6.18 Å². The minimum atomic E-state index is -5.07. The van der Waals surface area contributed by atoms with Gasteiger partial charge in [0.25, 0.3) is 5.78 Å². The van der Waals surface area contributed by atoms with Crippen LogP contribution in [0.15, 0.2) is 24.4 Å². The zero-order valence-electron chi connectivity index (χ0n) is 15.5. The smallest absolute Gasteiger partial charge is 0.344 e. The zero-order chi connectivity index (χ0) is 22.5. The molecule has 0 aliphatic carbocycles. The van der Waals surface area contributed by atoms with Crippen LogP contribution in [-0.2, 0) is 16.0 Å². The van der Waals surface area contributed by atoms with Crippen LogP contribution < -0.4 is 10.6 Å². The minimum Gasteiger partial charge on any atom is -0.344 e. The number of nitrogens with one attached hydrogen (secondary N) is 2. The highest BCUT2D eigenvalue weighted by Crippen LogP contribution is 2.27. The lowest BCUT2D eigenvalue weighted by Gasteiger charge is -2.17. The van der Waals surface area contributed by atoms with Crippen LogP contribution in [-0.4, -0.2) is 34.8 Å². The molecule has 0 radical (unpaired) electrons. The molecule has 1 atom stereocenters. The fourth-order valence-corrected chi connectivity index (χ4v) is 3.25. The van der Waals surface area contributed by atoms with Crippen LogP contribution in [0.1, 0.15) is 35.0 Å². The van der Waals surface area contributed by atoms with Gasteiger partial charge in [0, 0.05) is 6.07 Å². The van der Waals surface area contributed by atoms with E-state index in [-0.39, 0.29) is 23.5 Å². The molecule has 0 spiro atoms. The monoisotopic (exact) mass is 449 g/mol. The molecule has 1 aromatic heterocycles. The predicted octanol–water partition coefficient (Wildman–Crippen LogP) is 3.63. The number of alkyl halides is 3. The second kappa shape index (κ2) is 9.74. The van der Waals surface area contributed by atoms with Gasteiger partial charge in [0.15, 0.2) is 5.13 Å². The Morgan fingerprint density at radius 3 is 2.33 bits per heavy atom. The van der Waals surface area contributed by atoms with E-state index in [9.17, 15) is 36.3 Å². The van der Waals surface area contributed by atoms with Crippen LogP contribution >= 0.6 is 11.3 Å². The molecule has 0 bridgehead atoms. The molecule has 2 N–H and O–H groups in total. The summed E-state index contributed by atoms with van der Waals surface area (Å²) in [5, 5.41) is 4.43. The van der Waals surface area contributed by atoms with Gasteiger partial charge < -0.3 is 10.6 Å². The summed E-state index contributed by atoms with van der Waals surface area (Å²) in [6, 6.07) is 1.55. The summed E-state index contributed by atoms with van der Waals surface area (Å²) in [6.45, 7) is 1.73. The van der Waals surface area contributed by atoms with Gasteiger partial charge in [-0.1, -0.05) is 24.7 Å². The Morgan fingerprint density at radius 2 is 1.77 bits per heavy atom. The van der Waals surface area contributed by atoms with Gasteiger partial charge in [0.1, 0.15) is 22.6 Å². The van der Waals surface area contributed by atoms with E-state index < -0.39 is 46.3 Å². The second-order valence-corrected chi connectivity index (χ2v) is 7.24. The average molecular weight is 449 g/mol. The lowest BCUT2D eigenvalue weighted by molar-refractivity contribution is -0.126. The molecule has 0 fully saturated rings. The van der Waals surface area contributed by atoms with Crippen LogP contribution in [0.4, 0.5) is 27.1 Å². The van der Waals surface area contributed by atoms with E-state index >= 15 is 0 Å². The summed E-state index contributed by atoms with van der Waals surface area (Å²) >= 11 is 0.348. The molecule has 0 aliphatic rings. The number of Topliss-reactive ketones (excluding diaryl/α,β-unsaturated/α-hetero) is 1. The molecule has 30 heavy (non-hydrogen) atoms. The normalized spacial score (nSPS) is 12.3. The summed E-state index contributed by atoms with van der Waals surface area (Å²) in [6.07, 6.45) is -4.09. The number of nitrogens with zero attached hydrogens (tertiary/aromatic N) is 1. The summed E-state index contributed by atoms with van der Waals surface area (Å²) < 4.78 is 63.8. The number of rotatable bonds is 8. The number of amides is 2. The molecular formula is C18H16F5N3O3S. The average Bonchev–Trinajstić information content (AvgIpc) is 3.07. The maximum Gasteiger partial charge on any atom is 0.455 e. The third-order valence-electron chi connectivity index (χ3n) is 3.73. The van der Waals surface area contributed by atoms with Crippen LogP contribution in [0.2, 0.25) is 0 Å². The predicted molar refractivity (Wildman–Crippen MR) is 98.0 cm³/mol. The van der Waals surface area contributed by atoms with Crippen molar-refractivity contribution in [1.82, 2.24) is 10.3 Å². The number of hydrogen-bond donors (Lipinski definition) is 2. The first kappa shape index (κ1) is 23.4. The van der Waals surface area contributed by atoms with Crippen molar-refractivity contribution in [2.75, 3.05) is 5.32 Å². The molecule has 0 saturated heterocycles. The van der Waals surface area contributed by atoms with Crippen molar-refractivity contribution in [3.63, 3.8) is 0 Å². The Balaban J connectivity index is 2.03. The van der Waals surface area contributed by atoms with Crippen molar-refractivity contribution in [3.8, 4) is 0 Å². The van der Waals surface area contributed by atoms with Crippen LogP contribution in [0.5, 0.6) is 0 Å². The maximum atomic E-state index is 13.2. The molecule has 2 amide bonds. The second-order valence-electron chi connectivity index (χ2n) is 6.21. The van der Waals surface area contributed by atoms with Crippen molar-refractivity contribution in [3.05, 3.63) is 46.5 Å². The Kier molecular flexibility index (Phi) is 7.59. The van der Waals surface area contributed by atoms with Crippen molar-refractivity contribution in [1.29, 1.82) is 0 Å². The first-order chi connectivity index (χ1) is 14.0. The number of halogens is 5. The first-order valence-electron chi connectivity index (χ1n) is 8.62. The molecule has 1 aromatic carbocycles. The third kappa shape index (κ3) is 6.58. The lowest BCUT2D eigenvalue weighted by Crippen LogP contribution is -2.44. The van der Waals surface area contributed by atoms with Gasteiger partial charge in [-0.15, -0.1) is 0 Å².